The van der Waals surface area contributed by atoms with Crippen molar-refractivity contribution < 1.29 is 35.9 Å². The lowest BCUT2D eigenvalue weighted by Crippen LogP contribution is -2.48. The minimum absolute atomic E-state index is 0.110. The predicted octanol–water partition coefficient (Wildman–Crippen LogP) is 2.47. The molecule has 12 nitrogen and oxygen atoms in total. The Labute approximate surface area is 266 Å². The van der Waals surface area contributed by atoms with E-state index in [4.69, 9.17) is 9.47 Å². The first kappa shape index (κ1) is 35.0. The van der Waals surface area contributed by atoms with E-state index in [2.05, 4.69) is 10.6 Å². The number of benzene rings is 2. The largest absolute Gasteiger partial charge is 0.373 e. The van der Waals surface area contributed by atoms with Crippen LogP contribution in [0.15, 0.2) is 58.3 Å². The Balaban J connectivity index is 1.28. The fourth-order valence-electron chi connectivity index (χ4n) is 5.41. The number of carbonyl (C=O) groups excluding carboxylic acids is 2. The third kappa shape index (κ3) is 8.69. The maximum Gasteiger partial charge on any atom is 0.251 e. The summed E-state index contributed by atoms with van der Waals surface area (Å²) in [5, 5.41) is 5.70. The van der Waals surface area contributed by atoms with E-state index in [1.807, 2.05) is 41.5 Å². The first-order valence-electron chi connectivity index (χ1n) is 15.1. The van der Waals surface area contributed by atoms with E-state index in [1.54, 1.807) is 0 Å². The van der Waals surface area contributed by atoms with Gasteiger partial charge in [-0.3, -0.25) is 9.59 Å². The molecule has 0 aromatic heterocycles. The molecule has 4 atom stereocenters. The molecular weight excluding hydrogens is 620 g/mol. The number of sulfonamides is 2. The van der Waals surface area contributed by atoms with E-state index >= 15 is 0 Å². The van der Waals surface area contributed by atoms with Gasteiger partial charge in [0.2, 0.25) is 20.0 Å². The Morgan fingerprint density at radius 2 is 0.933 bits per heavy atom. The third-order valence-electron chi connectivity index (χ3n) is 7.74. The van der Waals surface area contributed by atoms with Gasteiger partial charge in [0.05, 0.1) is 34.2 Å². The van der Waals surface area contributed by atoms with Crippen LogP contribution in [0.3, 0.4) is 0 Å². The van der Waals surface area contributed by atoms with E-state index in [0.717, 1.165) is 0 Å². The highest BCUT2D eigenvalue weighted by molar-refractivity contribution is 7.89. The number of nitrogens with one attached hydrogen (secondary N) is 2. The van der Waals surface area contributed by atoms with Gasteiger partial charge in [-0.05, 0) is 81.6 Å². The molecule has 0 spiro atoms. The lowest BCUT2D eigenvalue weighted by atomic mass is 9.93. The van der Waals surface area contributed by atoms with Crippen molar-refractivity contribution in [1.29, 1.82) is 0 Å². The summed E-state index contributed by atoms with van der Waals surface area (Å²) in [6, 6.07) is 11.6. The van der Waals surface area contributed by atoms with Gasteiger partial charge in [0.25, 0.3) is 11.8 Å². The summed E-state index contributed by atoms with van der Waals surface area (Å²) in [5.41, 5.74) is 0.104. The highest BCUT2D eigenvalue weighted by atomic mass is 32.2. The highest BCUT2D eigenvalue weighted by Gasteiger charge is 2.33. The van der Waals surface area contributed by atoms with Crippen molar-refractivity contribution in [2.45, 2.75) is 75.7 Å². The standard InChI is InChI=1S/C31H44N4O8S2/c1-21-15-34(16-22(2)42-21)44(38,39)27-11-7-25(8-12-27)29(36)32-19-31(5,6)20-33-30(37)26-9-13-28(14-10-26)45(40,41)35-17-23(3)43-24(4)18-35/h7-14,21-24H,15-20H2,1-6H3,(H,32,36)(H,33,37)/t21-,22-,23+,24+. The van der Waals surface area contributed by atoms with Crippen molar-refractivity contribution in [2.24, 2.45) is 5.41 Å². The summed E-state index contributed by atoms with van der Waals surface area (Å²) < 4.78 is 66.5. The molecule has 0 bridgehead atoms. The molecule has 2 amide bonds. The first-order valence-corrected chi connectivity index (χ1v) is 17.9. The van der Waals surface area contributed by atoms with Crippen LogP contribution in [0.4, 0.5) is 0 Å². The van der Waals surface area contributed by atoms with E-state index in [9.17, 15) is 26.4 Å². The van der Waals surface area contributed by atoms with Crippen molar-refractivity contribution in [2.75, 3.05) is 39.3 Å². The van der Waals surface area contributed by atoms with Gasteiger partial charge in [-0.15, -0.1) is 0 Å². The van der Waals surface area contributed by atoms with Gasteiger partial charge in [0.15, 0.2) is 0 Å². The van der Waals surface area contributed by atoms with E-state index < -0.39 is 25.5 Å². The van der Waals surface area contributed by atoms with Crippen LogP contribution in [0.5, 0.6) is 0 Å². The van der Waals surface area contributed by atoms with Crippen molar-refractivity contribution >= 4 is 31.9 Å². The van der Waals surface area contributed by atoms with E-state index in [-0.39, 0.29) is 85.3 Å². The first-order chi connectivity index (χ1) is 21.0. The molecule has 0 aliphatic carbocycles. The average molecular weight is 665 g/mol. The van der Waals surface area contributed by atoms with Crippen LogP contribution in [0.25, 0.3) is 0 Å². The SMILES string of the molecule is C[C@@H]1CN(S(=O)(=O)c2ccc(C(=O)NCC(C)(C)CNC(=O)c3ccc(S(=O)(=O)N4C[C@H](C)O[C@@H](C)C4)cc3)cc2)C[C@@H](C)O1. The van der Waals surface area contributed by atoms with Crippen LogP contribution in [-0.4, -0.2) is 101 Å². The van der Waals surface area contributed by atoms with Gasteiger partial charge in [0.1, 0.15) is 0 Å². The second-order valence-electron chi connectivity index (χ2n) is 12.7. The Morgan fingerprint density at radius 1 is 0.644 bits per heavy atom. The van der Waals surface area contributed by atoms with Gasteiger partial charge in [0, 0.05) is 50.4 Å². The quantitative estimate of drug-likeness (QED) is 0.393. The van der Waals surface area contributed by atoms with Gasteiger partial charge >= 0.3 is 0 Å². The lowest BCUT2D eigenvalue weighted by Gasteiger charge is -2.34. The maximum absolute atomic E-state index is 13.1. The van der Waals surface area contributed by atoms with Crippen molar-refractivity contribution in [3.8, 4) is 0 Å². The summed E-state index contributed by atoms with van der Waals surface area (Å²) in [7, 11) is -7.44. The molecule has 2 aromatic rings. The van der Waals surface area contributed by atoms with Gasteiger partial charge in [-0.2, -0.15) is 8.61 Å². The molecule has 2 saturated heterocycles. The normalized spacial score (nSPS) is 23.8. The number of nitrogens with zero attached hydrogens (tertiary/aromatic N) is 2. The minimum Gasteiger partial charge on any atom is -0.373 e. The number of amides is 2. The molecule has 14 heteroatoms. The molecule has 2 aliphatic heterocycles. The molecule has 2 N–H and O–H groups in total. The van der Waals surface area contributed by atoms with Crippen LogP contribution in [0.2, 0.25) is 0 Å². The zero-order valence-corrected chi connectivity index (χ0v) is 28.3. The number of carbonyl (C=O) groups is 2. The van der Waals surface area contributed by atoms with Crippen LogP contribution < -0.4 is 10.6 Å². The van der Waals surface area contributed by atoms with Crippen molar-refractivity contribution in [3.05, 3.63) is 59.7 Å². The van der Waals surface area contributed by atoms with Crippen LogP contribution >= 0.6 is 0 Å². The van der Waals surface area contributed by atoms with Crippen molar-refractivity contribution in [1.82, 2.24) is 19.2 Å². The molecule has 248 valence electrons. The fourth-order valence-corrected chi connectivity index (χ4v) is 8.60. The van der Waals surface area contributed by atoms with Gasteiger partial charge in [-0.25, -0.2) is 16.8 Å². The van der Waals surface area contributed by atoms with Crippen LogP contribution in [-0.2, 0) is 29.5 Å². The molecule has 2 fully saturated rings. The zero-order valence-electron chi connectivity index (χ0n) is 26.6. The predicted molar refractivity (Wildman–Crippen MR) is 169 cm³/mol. The Bertz CT molecular complexity index is 1440. The van der Waals surface area contributed by atoms with Gasteiger partial charge in [-0.1, -0.05) is 13.8 Å². The van der Waals surface area contributed by atoms with E-state index in [1.165, 1.54) is 57.1 Å². The molecule has 2 aliphatic rings. The Kier molecular flexibility index (Phi) is 10.8. The topological polar surface area (TPSA) is 151 Å². The molecule has 2 heterocycles. The number of ether oxygens (including phenoxy) is 2. The van der Waals surface area contributed by atoms with Crippen LogP contribution in [0.1, 0.15) is 62.3 Å². The van der Waals surface area contributed by atoms with Gasteiger partial charge < -0.3 is 20.1 Å². The Hall–Kier alpha value is -2.88. The van der Waals surface area contributed by atoms with Crippen LogP contribution in [0, 0.1) is 5.41 Å². The monoisotopic (exact) mass is 664 g/mol. The molecular formula is C31H44N4O8S2. The summed E-state index contributed by atoms with van der Waals surface area (Å²) in [5.74, 6) is -0.736. The minimum atomic E-state index is -3.72. The summed E-state index contributed by atoms with van der Waals surface area (Å²) >= 11 is 0. The summed E-state index contributed by atoms with van der Waals surface area (Å²) in [6.07, 6.45) is -0.834. The highest BCUT2D eigenvalue weighted by Crippen LogP contribution is 2.23. The third-order valence-corrected chi connectivity index (χ3v) is 11.4. The zero-order chi connectivity index (χ0) is 33.2. The lowest BCUT2D eigenvalue weighted by molar-refractivity contribution is -0.0442. The second-order valence-corrected chi connectivity index (χ2v) is 16.6. The number of rotatable bonds is 10. The molecule has 0 unspecified atom stereocenters. The second kappa shape index (κ2) is 13.9. The average Bonchev–Trinajstić information content (AvgIpc) is 2.98. The van der Waals surface area contributed by atoms with E-state index in [0.29, 0.717) is 11.1 Å². The molecule has 0 radical (unpaired) electrons. The molecule has 4 rings (SSSR count). The molecule has 2 aromatic carbocycles. The van der Waals surface area contributed by atoms with Crippen molar-refractivity contribution in [3.63, 3.8) is 0 Å². The molecule has 0 saturated carbocycles. The number of hydrogen-bond acceptors (Lipinski definition) is 8. The summed E-state index contributed by atoms with van der Waals surface area (Å²) in [6.45, 7) is 12.6. The fraction of sp³-hybridized carbons (Fsp3) is 0.548. The number of morpholine rings is 2. The number of hydrogen-bond donors (Lipinski definition) is 2. The summed E-state index contributed by atoms with van der Waals surface area (Å²) in [4.78, 5) is 25.9. The Morgan fingerprint density at radius 3 is 1.22 bits per heavy atom. The smallest absolute Gasteiger partial charge is 0.251 e. The maximum atomic E-state index is 13.1. The molecule has 45 heavy (non-hydrogen) atoms.